The van der Waals surface area contributed by atoms with E-state index in [0.717, 1.165) is 19.3 Å². The van der Waals surface area contributed by atoms with Crippen molar-refractivity contribution in [2.75, 3.05) is 0 Å². The summed E-state index contributed by atoms with van der Waals surface area (Å²) in [4.78, 5) is 11.7. The zero-order valence-corrected chi connectivity index (χ0v) is 13.2. The second-order valence-electron chi connectivity index (χ2n) is 6.09. The maximum atomic E-state index is 12.6. The Morgan fingerprint density at radius 2 is 1.90 bits per heavy atom. The van der Waals surface area contributed by atoms with E-state index >= 15 is 0 Å². The monoisotopic (exact) mass is 316 g/mol. The Labute approximate surface area is 123 Å². The molecule has 3 saturated carbocycles. The van der Waals surface area contributed by atoms with Gasteiger partial charge in [0, 0.05) is 18.3 Å². The van der Waals surface area contributed by atoms with Crippen LogP contribution in [0.4, 0.5) is 0 Å². The molecule has 0 aliphatic heterocycles. The molecular weight excluding hydrogens is 300 g/mol. The number of hydrogen-bond donors (Lipinski definition) is 1. The van der Waals surface area contributed by atoms with Crippen molar-refractivity contribution >= 4 is 26.9 Å². The van der Waals surface area contributed by atoms with Crippen LogP contribution < -0.4 is 4.72 Å². The highest BCUT2D eigenvalue weighted by molar-refractivity contribution is 7.89. The Morgan fingerprint density at radius 1 is 1.35 bits per heavy atom. The zero-order chi connectivity index (χ0) is 14.9. The van der Waals surface area contributed by atoms with Gasteiger partial charge < -0.3 is 4.57 Å². The molecule has 0 atom stereocenters. The molecule has 110 valence electrons. The molecule has 3 aliphatic rings. The van der Waals surface area contributed by atoms with Crippen molar-refractivity contribution in [2.45, 2.75) is 43.5 Å². The van der Waals surface area contributed by atoms with Crippen LogP contribution in [0.2, 0.25) is 0 Å². The Hall–Kier alpha value is -0.850. The quantitative estimate of drug-likeness (QED) is 0.862. The lowest BCUT2D eigenvalue weighted by Crippen LogP contribution is -2.68. The van der Waals surface area contributed by atoms with Gasteiger partial charge in [-0.2, -0.15) is 0 Å². The van der Waals surface area contributed by atoms with E-state index in [2.05, 4.69) is 4.72 Å². The van der Waals surface area contributed by atoms with E-state index in [-0.39, 0.29) is 16.1 Å². The third-order valence-corrected chi connectivity index (χ3v) is 6.73. The molecule has 3 aliphatic carbocycles. The summed E-state index contributed by atoms with van der Waals surface area (Å²) in [6.07, 6.45) is 2.79. The predicted octanol–water partition coefficient (Wildman–Crippen LogP) is 1.85. The summed E-state index contributed by atoms with van der Waals surface area (Å²) in [6, 6.07) is 0. The summed E-state index contributed by atoms with van der Waals surface area (Å²) < 4.78 is 29.6. The molecule has 1 aromatic rings. The van der Waals surface area contributed by atoms with E-state index in [4.69, 9.17) is 11.6 Å². The van der Waals surface area contributed by atoms with Crippen molar-refractivity contribution in [1.29, 1.82) is 0 Å². The van der Waals surface area contributed by atoms with Crippen LogP contribution in [0.3, 0.4) is 0 Å². The fourth-order valence-corrected chi connectivity index (χ4v) is 5.78. The Kier molecular flexibility index (Phi) is 2.88. The van der Waals surface area contributed by atoms with Crippen LogP contribution in [-0.2, 0) is 17.1 Å². The van der Waals surface area contributed by atoms with Gasteiger partial charge in [-0.25, -0.2) is 13.1 Å². The highest BCUT2D eigenvalue weighted by atomic mass is 35.5. The van der Waals surface area contributed by atoms with Crippen molar-refractivity contribution in [2.24, 2.45) is 13.0 Å². The van der Waals surface area contributed by atoms with E-state index in [1.165, 1.54) is 0 Å². The third-order valence-electron chi connectivity index (χ3n) is 4.71. The van der Waals surface area contributed by atoms with Crippen molar-refractivity contribution in [3.8, 4) is 0 Å². The lowest BCUT2D eigenvalue weighted by Gasteiger charge is -2.61. The highest BCUT2D eigenvalue weighted by Crippen LogP contribution is 2.57. The number of aromatic nitrogens is 1. The molecule has 0 aromatic carbocycles. The molecule has 5 nitrogen and oxygen atoms in total. The summed E-state index contributed by atoms with van der Waals surface area (Å²) in [5.74, 6) is 0.690. The fraction of sp³-hybridized carbons (Fsp3) is 0.615. The minimum atomic E-state index is -3.62. The molecule has 4 rings (SSSR count). The number of nitrogens with one attached hydrogen (secondary N) is 1. The van der Waals surface area contributed by atoms with Gasteiger partial charge in [0.1, 0.15) is 10.6 Å². The summed E-state index contributed by atoms with van der Waals surface area (Å²) >= 11 is 5.55. The van der Waals surface area contributed by atoms with Crippen LogP contribution in [-0.4, -0.2) is 23.8 Å². The largest absolute Gasteiger partial charge is 0.343 e. The Balaban J connectivity index is 2.05. The zero-order valence-electron chi connectivity index (χ0n) is 11.7. The molecular formula is C13H17ClN2O3S. The van der Waals surface area contributed by atoms with Gasteiger partial charge in [0.2, 0.25) is 10.0 Å². The maximum absolute atomic E-state index is 12.6. The third kappa shape index (κ3) is 1.78. The fourth-order valence-electron chi connectivity index (χ4n) is 3.57. The lowest BCUT2D eigenvalue weighted by atomic mass is 9.50. The van der Waals surface area contributed by atoms with Crippen LogP contribution in [0.25, 0.3) is 0 Å². The van der Waals surface area contributed by atoms with E-state index in [1.54, 1.807) is 25.5 Å². The number of hydrogen-bond acceptors (Lipinski definition) is 3. The second kappa shape index (κ2) is 4.08. The van der Waals surface area contributed by atoms with Gasteiger partial charge in [-0.3, -0.25) is 4.79 Å². The van der Waals surface area contributed by atoms with Gasteiger partial charge >= 0.3 is 0 Å². The number of nitrogens with zero attached hydrogens (tertiary/aromatic N) is 1. The average Bonchev–Trinajstić information content (AvgIpc) is 2.43. The van der Waals surface area contributed by atoms with Gasteiger partial charge in [0.05, 0.1) is 0 Å². The summed E-state index contributed by atoms with van der Waals surface area (Å²) in [7, 11) is -1.97. The van der Waals surface area contributed by atoms with Gasteiger partial charge in [0.25, 0.3) is 5.24 Å². The Bertz CT molecular complexity index is 703. The molecule has 1 N–H and O–H groups in total. The van der Waals surface area contributed by atoms with E-state index in [0.29, 0.717) is 17.2 Å². The minimum Gasteiger partial charge on any atom is -0.343 e. The maximum Gasteiger partial charge on any atom is 0.269 e. The Morgan fingerprint density at radius 3 is 2.25 bits per heavy atom. The molecule has 0 saturated heterocycles. The minimum absolute atomic E-state index is 0.189. The van der Waals surface area contributed by atoms with Gasteiger partial charge in [0.15, 0.2) is 0 Å². The van der Waals surface area contributed by atoms with Gasteiger partial charge in [-0.05, 0) is 56.2 Å². The number of carbonyl (C=O) groups is 1. The van der Waals surface area contributed by atoms with Crippen molar-refractivity contribution in [1.82, 2.24) is 9.29 Å². The topological polar surface area (TPSA) is 68.2 Å². The molecule has 0 amide bonds. The van der Waals surface area contributed by atoms with E-state index in [1.807, 2.05) is 0 Å². The standard InChI is InChI=1S/C13H17ClN2O3S/c1-7-10(12(14)17)16(3)8(2)11(7)20(18,19)15-13-4-9(5-13)6-13/h9,15H,4-6H2,1-3H3. The predicted molar refractivity (Wildman–Crippen MR) is 75.5 cm³/mol. The molecule has 3 fully saturated rings. The molecule has 20 heavy (non-hydrogen) atoms. The van der Waals surface area contributed by atoms with Gasteiger partial charge in [-0.15, -0.1) is 0 Å². The summed E-state index contributed by atoms with van der Waals surface area (Å²) in [5.41, 5.74) is 0.959. The normalized spacial score (nSPS) is 27.9. The van der Waals surface area contributed by atoms with Crippen molar-refractivity contribution in [3.63, 3.8) is 0 Å². The molecule has 0 radical (unpaired) electrons. The van der Waals surface area contributed by atoms with Crippen LogP contribution in [0.15, 0.2) is 4.90 Å². The number of carbonyl (C=O) groups excluding carboxylic acids is 1. The summed E-state index contributed by atoms with van der Waals surface area (Å²) in [5, 5.41) is -0.639. The van der Waals surface area contributed by atoms with Crippen LogP contribution >= 0.6 is 11.6 Å². The van der Waals surface area contributed by atoms with E-state index < -0.39 is 15.3 Å². The smallest absolute Gasteiger partial charge is 0.269 e. The van der Waals surface area contributed by atoms with Gasteiger partial charge in [-0.1, -0.05) is 0 Å². The first-order valence-corrected chi connectivity index (χ1v) is 8.43. The molecule has 7 heteroatoms. The van der Waals surface area contributed by atoms with Crippen molar-refractivity contribution < 1.29 is 13.2 Å². The molecule has 0 spiro atoms. The first-order valence-electron chi connectivity index (χ1n) is 6.56. The lowest BCUT2D eigenvalue weighted by molar-refractivity contribution is -0.0317. The molecule has 1 heterocycles. The van der Waals surface area contributed by atoms with Crippen LogP contribution in [0.5, 0.6) is 0 Å². The SMILES string of the molecule is Cc1c(S(=O)(=O)NC23CC(C2)C3)c(C)n(C)c1C(=O)Cl. The van der Waals surface area contributed by atoms with Crippen molar-refractivity contribution in [3.05, 3.63) is 17.0 Å². The van der Waals surface area contributed by atoms with Crippen LogP contribution in [0, 0.1) is 19.8 Å². The van der Waals surface area contributed by atoms with E-state index in [9.17, 15) is 13.2 Å². The molecule has 1 aromatic heterocycles. The highest BCUT2D eigenvalue weighted by Gasteiger charge is 2.58. The first-order chi connectivity index (χ1) is 9.17. The van der Waals surface area contributed by atoms with Crippen LogP contribution in [0.1, 0.15) is 41.0 Å². The first kappa shape index (κ1) is 14.1. The number of rotatable bonds is 4. The second-order valence-corrected chi connectivity index (χ2v) is 8.05. The molecule has 2 bridgehead atoms. The molecule has 0 unspecified atom stereocenters. The summed E-state index contributed by atoms with van der Waals surface area (Å²) in [6.45, 7) is 3.31. The number of sulfonamides is 1. The average molecular weight is 317 g/mol. The number of halogens is 1.